The summed E-state index contributed by atoms with van der Waals surface area (Å²) in [5.41, 5.74) is 6.66. The van der Waals surface area contributed by atoms with E-state index < -0.39 is 17.5 Å². The Morgan fingerprint density at radius 3 is 1.48 bits per heavy atom. The van der Waals surface area contributed by atoms with Gasteiger partial charge in [0.15, 0.2) is 0 Å². The number of hydrogen-bond acceptors (Lipinski definition) is 8. The molecule has 0 radical (unpaired) electrons. The van der Waals surface area contributed by atoms with E-state index in [4.69, 9.17) is 9.47 Å². The maximum absolute atomic E-state index is 12.8. The second-order valence-electron chi connectivity index (χ2n) is 19.6. The first-order valence-electron chi connectivity index (χ1n) is 20.2. The van der Waals surface area contributed by atoms with E-state index in [1.807, 2.05) is 38.1 Å². The summed E-state index contributed by atoms with van der Waals surface area (Å²) in [6.07, 6.45) is -0.227. The number of phenolic OH excluding ortho intramolecular Hbond substituents is 2. The third kappa shape index (κ3) is 10.6. The highest BCUT2D eigenvalue weighted by Gasteiger charge is 2.34. The minimum Gasteiger partial charge on any atom is -0.507 e. The molecule has 0 unspecified atom stereocenters. The monoisotopic (exact) mass is 825 g/mol. The maximum Gasteiger partial charge on any atom is 0.407 e. The Labute approximate surface area is 355 Å². The Morgan fingerprint density at radius 2 is 1.03 bits per heavy atom. The average Bonchev–Trinajstić information content (AvgIpc) is 3.42. The van der Waals surface area contributed by atoms with Gasteiger partial charge in [-0.05, 0) is 88.4 Å². The van der Waals surface area contributed by atoms with Crippen LogP contribution < -0.4 is 5.32 Å². The molecular formula is C49H63NO6S2. The molecule has 3 N–H and O–H groups in total. The number of benzene rings is 4. The Hall–Kier alpha value is -4.08. The lowest BCUT2D eigenvalue weighted by atomic mass is 9.77. The smallest absolute Gasteiger partial charge is 0.407 e. The standard InChI is InChI=1S/C49H63NO6S2/c1-45(2,3)37-24-30(25-38(42(37)52)46(4,5)6)57-49(12,13)58-31-26-39(47(7,8)9)43(53)40(27-31)48(10,11)22-23-55-41(51)28-50-44(54)56-29-36-34-20-16-14-18-32(34)33-19-15-17-21-35(33)36/h14-21,24-27,36,52-53H,22-23,28-29H2,1-13H3,(H,50,54). The molecule has 0 fully saturated rings. The second kappa shape index (κ2) is 16.9. The molecule has 9 heteroatoms. The Morgan fingerprint density at radius 1 is 0.621 bits per heavy atom. The number of fused-ring (bicyclic) bond motifs is 3. The van der Waals surface area contributed by atoms with Gasteiger partial charge in [0.05, 0.1) is 10.7 Å². The summed E-state index contributed by atoms with van der Waals surface area (Å²) >= 11 is 3.50. The molecule has 312 valence electrons. The topological polar surface area (TPSA) is 105 Å². The zero-order valence-corrected chi connectivity index (χ0v) is 38.3. The minimum atomic E-state index is -0.677. The van der Waals surface area contributed by atoms with Crippen molar-refractivity contribution < 1.29 is 29.3 Å². The molecule has 0 saturated carbocycles. The van der Waals surface area contributed by atoms with E-state index in [1.165, 1.54) is 0 Å². The summed E-state index contributed by atoms with van der Waals surface area (Å²) in [4.78, 5) is 27.6. The molecule has 1 aliphatic rings. The third-order valence-electron chi connectivity index (χ3n) is 10.8. The summed E-state index contributed by atoms with van der Waals surface area (Å²) in [6.45, 7) is 27.5. The number of hydrogen-bond donors (Lipinski definition) is 3. The van der Waals surface area contributed by atoms with E-state index >= 15 is 0 Å². The molecule has 4 aromatic carbocycles. The van der Waals surface area contributed by atoms with E-state index in [2.05, 4.69) is 130 Å². The molecule has 58 heavy (non-hydrogen) atoms. The quantitative estimate of drug-likeness (QED) is 0.0737. The van der Waals surface area contributed by atoms with Crippen LogP contribution in [0, 0.1) is 0 Å². The molecule has 7 nitrogen and oxygen atoms in total. The molecule has 1 aliphatic carbocycles. The van der Waals surface area contributed by atoms with Crippen LogP contribution in [0.1, 0.15) is 136 Å². The lowest BCUT2D eigenvalue weighted by molar-refractivity contribution is -0.142. The van der Waals surface area contributed by atoms with Gasteiger partial charge in [0.1, 0.15) is 24.7 Å². The predicted octanol–water partition coefficient (Wildman–Crippen LogP) is 12.4. The Bertz CT molecular complexity index is 2070. The fraction of sp³-hybridized carbons (Fsp3) is 0.469. The van der Waals surface area contributed by atoms with Crippen molar-refractivity contribution in [1.29, 1.82) is 0 Å². The van der Waals surface area contributed by atoms with Gasteiger partial charge in [0, 0.05) is 38.0 Å². The number of ether oxygens (including phenoxy) is 2. The zero-order chi connectivity index (χ0) is 43.0. The van der Waals surface area contributed by atoms with Crippen LogP contribution in [0.5, 0.6) is 11.5 Å². The predicted molar refractivity (Wildman–Crippen MR) is 240 cm³/mol. The van der Waals surface area contributed by atoms with Crippen LogP contribution in [0.25, 0.3) is 11.1 Å². The molecule has 5 rings (SSSR count). The van der Waals surface area contributed by atoms with Crippen molar-refractivity contribution in [3.63, 3.8) is 0 Å². The first kappa shape index (κ1) is 45.0. The van der Waals surface area contributed by atoms with Gasteiger partial charge in [-0.3, -0.25) is 4.79 Å². The number of amides is 1. The molecule has 1 amide bonds. The van der Waals surface area contributed by atoms with Crippen LogP contribution >= 0.6 is 23.5 Å². The van der Waals surface area contributed by atoms with Gasteiger partial charge >= 0.3 is 12.1 Å². The first-order valence-corrected chi connectivity index (χ1v) is 21.8. The van der Waals surface area contributed by atoms with E-state index in [9.17, 15) is 19.8 Å². The van der Waals surface area contributed by atoms with Gasteiger partial charge in [0.25, 0.3) is 0 Å². The van der Waals surface area contributed by atoms with Crippen LogP contribution in [-0.4, -0.2) is 46.1 Å². The van der Waals surface area contributed by atoms with Crippen molar-refractivity contribution in [2.45, 2.75) is 138 Å². The van der Waals surface area contributed by atoms with Crippen molar-refractivity contribution in [3.8, 4) is 22.6 Å². The molecule has 0 aliphatic heterocycles. The molecule has 0 aromatic heterocycles. The maximum atomic E-state index is 12.8. The fourth-order valence-corrected chi connectivity index (χ4v) is 10.1. The highest BCUT2D eigenvalue weighted by atomic mass is 32.2. The zero-order valence-electron chi connectivity index (χ0n) is 36.7. The number of nitrogens with one attached hydrogen (secondary N) is 1. The molecule has 0 atom stereocenters. The molecule has 0 spiro atoms. The summed E-state index contributed by atoms with van der Waals surface area (Å²) in [7, 11) is 0. The van der Waals surface area contributed by atoms with Crippen LogP contribution in [0.4, 0.5) is 4.79 Å². The van der Waals surface area contributed by atoms with Gasteiger partial charge in [-0.25, -0.2) is 4.79 Å². The largest absolute Gasteiger partial charge is 0.507 e. The normalized spacial score (nSPS) is 13.5. The fourth-order valence-electron chi connectivity index (χ4n) is 7.55. The van der Waals surface area contributed by atoms with E-state index in [1.54, 1.807) is 23.5 Å². The second-order valence-corrected chi connectivity index (χ2v) is 23.3. The Kier molecular flexibility index (Phi) is 13.1. The van der Waals surface area contributed by atoms with Crippen LogP contribution in [0.3, 0.4) is 0 Å². The van der Waals surface area contributed by atoms with Crippen molar-refractivity contribution in [2.75, 3.05) is 19.8 Å². The first-order chi connectivity index (χ1) is 26.8. The highest BCUT2D eigenvalue weighted by Crippen LogP contribution is 2.51. The Balaban J connectivity index is 1.23. The van der Waals surface area contributed by atoms with Crippen molar-refractivity contribution in [2.24, 2.45) is 0 Å². The number of esters is 1. The van der Waals surface area contributed by atoms with Gasteiger partial charge in [0.2, 0.25) is 0 Å². The molecule has 0 saturated heterocycles. The molecule has 0 bridgehead atoms. The van der Waals surface area contributed by atoms with Gasteiger partial charge in [-0.1, -0.05) is 125 Å². The number of thioether (sulfide) groups is 2. The number of phenols is 2. The number of aromatic hydroxyl groups is 2. The van der Waals surface area contributed by atoms with Gasteiger partial charge in [-0.2, -0.15) is 0 Å². The summed E-state index contributed by atoms with van der Waals surface area (Å²) in [5.74, 6) is -0.0244. The number of rotatable bonds is 12. The van der Waals surface area contributed by atoms with Gasteiger partial charge < -0.3 is 25.0 Å². The third-order valence-corrected chi connectivity index (χ3v) is 13.2. The SMILES string of the molecule is CC(C)(Sc1cc(C(C)(C)C)c(O)c(C(C)(C)C)c1)Sc1cc(C(C)(C)C)c(O)c(C(C)(C)CCOC(=O)CNC(=O)OCC2c3ccccc3-c3ccccc32)c1. The highest BCUT2D eigenvalue weighted by molar-refractivity contribution is 8.18. The van der Waals surface area contributed by atoms with Crippen LogP contribution in [0.2, 0.25) is 0 Å². The number of carbonyl (C=O) groups excluding carboxylic acids is 2. The molecule has 4 aromatic rings. The number of alkyl carbamates (subject to hydrolysis) is 1. The van der Waals surface area contributed by atoms with Crippen LogP contribution in [0.15, 0.2) is 82.6 Å². The lowest BCUT2D eigenvalue weighted by Gasteiger charge is -2.32. The average molecular weight is 826 g/mol. The summed E-state index contributed by atoms with van der Waals surface area (Å²) in [5, 5.41) is 25.6. The van der Waals surface area contributed by atoms with Crippen molar-refractivity contribution in [3.05, 3.63) is 106 Å². The van der Waals surface area contributed by atoms with E-state index in [0.717, 1.165) is 54.3 Å². The van der Waals surface area contributed by atoms with E-state index in [0.29, 0.717) is 12.2 Å². The molecule has 0 heterocycles. The summed E-state index contributed by atoms with van der Waals surface area (Å²) < 4.78 is 10.9. The van der Waals surface area contributed by atoms with Crippen molar-refractivity contribution in [1.82, 2.24) is 5.32 Å². The number of carbonyl (C=O) groups is 2. The summed E-state index contributed by atoms with van der Waals surface area (Å²) in [6, 6.07) is 24.7. The van der Waals surface area contributed by atoms with Gasteiger partial charge in [-0.15, -0.1) is 23.5 Å². The molecular weight excluding hydrogens is 763 g/mol. The minimum absolute atomic E-state index is 0.0770. The van der Waals surface area contributed by atoms with E-state index in [-0.39, 0.29) is 51.7 Å². The van der Waals surface area contributed by atoms with Crippen molar-refractivity contribution >= 4 is 35.6 Å². The van der Waals surface area contributed by atoms with Crippen LogP contribution in [-0.2, 0) is 35.9 Å². The lowest BCUT2D eigenvalue weighted by Crippen LogP contribution is -2.32.